The topological polar surface area (TPSA) is 112 Å². The zero-order valence-electron chi connectivity index (χ0n) is 15.3. The van der Waals surface area contributed by atoms with Crippen molar-refractivity contribution in [3.63, 3.8) is 0 Å². The third kappa shape index (κ3) is 8.16. The first-order valence-electron chi connectivity index (χ1n) is 9.49. The van der Waals surface area contributed by atoms with Crippen LogP contribution in [0.2, 0.25) is 0 Å². The van der Waals surface area contributed by atoms with Crippen LogP contribution >= 0.6 is 0 Å². The number of nitrogens with two attached hydrogens (primary N) is 3. The molecule has 0 aliphatic rings. The Labute approximate surface area is 151 Å². The molecule has 5 heteroatoms. The average Bonchev–Trinajstić information content (AvgIpc) is 2.59. The summed E-state index contributed by atoms with van der Waals surface area (Å²) in [6, 6.07) is 5.17. The Balaban J connectivity index is 2.25. The summed E-state index contributed by atoms with van der Waals surface area (Å²) < 4.78 is 0. The van der Waals surface area contributed by atoms with Gasteiger partial charge in [0.2, 0.25) is 11.8 Å². The number of unbranched alkanes of at least 4 members (excludes halogenated alkanes) is 9. The summed E-state index contributed by atoms with van der Waals surface area (Å²) in [5.74, 6) is -1.19. The Bertz CT molecular complexity index is 544. The molecule has 2 amide bonds. The molecule has 5 nitrogen and oxygen atoms in total. The SMILES string of the molecule is NCCCCCCCCCCCCc1cccc(C(N)=O)c1C(N)=O. The number of amides is 2. The second-order valence-corrected chi connectivity index (χ2v) is 6.64. The van der Waals surface area contributed by atoms with Gasteiger partial charge in [0.15, 0.2) is 0 Å². The van der Waals surface area contributed by atoms with Crippen molar-refractivity contribution in [1.29, 1.82) is 0 Å². The van der Waals surface area contributed by atoms with Crippen molar-refractivity contribution in [2.75, 3.05) is 6.54 Å². The first-order valence-corrected chi connectivity index (χ1v) is 9.49. The number of benzene rings is 1. The summed E-state index contributed by atoms with van der Waals surface area (Å²) in [6.07, 6.45) is 12.9. The molecule has 0 fully saturated rings. The van der Waals surface area contributed by atoms with E-state index >= 15 is 0 Å². The maximum atomic E-state index is 11.7. The molecule has 0 heterocycles. The molecule has 1 rings (SSSR count). The van der Waals surface area contributed by atoms with Crippen LogP contribution in [0.4, 0.5) is 0 Å². The Kier molecular flexibility index (Phi) is 10.6. The fourth-order valence-corrected chi connectivity index (χ4v) is 3.18. The van der Waals surface area contributed by atoms with Crippen molar-refractivity contribution in [3.05, 3.63) is 34.9 Å². The third-order valence-electron chi connectivity index (χ3n) is 4.56. The van der Waals surface area contributed by atoms with E-state index in [1.807, 2.05) is 6.07 Å². The van der Waals surface area contributed by atoms with Crippen LogP contribution in [0.1, 0.15) is 90.5 Å². The number of hydrogen-bond donors (Lipinski definition) is 3. The van der Waals surface area contributed by atoms with Crippen LogP contribution in [0.25, 0.3) is 0 Å². The lowest BCUT2D eigenvalue weighted by atomic mass is 9.95. The van der Waals surface area contributed by atoms with Gasteiger partial charge in [0.05, 0.1) is 11.1 Å². The van der Waals surface area contributed by atoms with Crippen LogP contribution in [0.3, 0.4) is 0 Å². The highest BCUT2D eigenvalue weighted by atomic mass is 16.2. The molecule has 0 aliphatic carbocycles. The highest BCUT2D eigenvalue weighted by molar-refractivity contribution is 6.07. The van der Waals surface area contributed by atoms with Crippen molar-refractivity contribution < 1.29 is 9.59 Å². The van der Waals surface area contributed by atoms with Gasteiger partial charge in [-0.25, -0.2) is 0 Å². The minimum atomic E-state index is -0.609. The molecule has 0 aliphatic heterocycles. The fourth-order valence-electron chi connectivity index (χ4n) is 3.18. The summed E-state index contributed by atoms with van der Waals surface area (Å²) in [5.41, 5.74) is 17.6. The molecule has 0 aromatic heterocycles. The van der Waals surface area contributed by atoms with Gasteiger partial charge in [-0.2, -0.15) is 0 Å². The van der Waals surface area contributed by atoms with Gasteiger partial charge in [0.1, 0.15) is 0 Å². The fraction of sp³-hybridized carbons (Fsp3) is 0.600. The molecule has 1 aromatic carbocycles. The zero-order valence-corrected chi connectivity index (χ0v) is 15.3. The van der Waals surface area contributed by atoms with Gasteiger partial charge >= 0.3 is 0 Å². The molecule has 0 atom stereocenters. The quantitative estimate of drug-likeness (QED) is 0.449. The van der Waals surface area contributed by atoms with E-state index in [9.17, 15) is 9.59 Å². The summed E-state index contributed by atoms with van der Waals surface area (Å²) in [4.78, 5) is 23.1. The number of carbonyl (C=O) groups is 2. The minimum absolute atomic E-state index is 0.222. The van der Waals surface area contributed by atoms with E-state index in [0.29, 0.717) is 0 Å². The maximum absolute atomic E-state index is 11.7. The minimum Gasteiger partial charge on any atom is -0.366 e. The number of hydrogen-bond acceptors (Lipinski definition) is 3. The molecule has 0 saturated carbocycles. The van der Waals surface area contributed by atoms with E-state index in [1.54, 1.807) is 12.1 Å². The molecule has 0 unspecified atom stereocenters. The summed E-state index contributed by atoms with van der Waals surface area (Å²) >= 11 is 0. The molecule has 0 bridgehead atoms. The van der Waals surface area contributed by atoms with Gasteiger partial charge in [-0.1, -0.05) is 63.5 Å². The van der Waals surface area contributed by atoms with Gasteiger partial charge in [-0.15, -0.1) is 0 Å². The Morgan fingerprint density at radius 2 is 1.24 bits per heavy atom. The van der Waals surface area contributed by atoms with E-state index in [-0.39, 0.29) is 11.1 Å². The molecule has 0 spiro atoms. The molecular weight excluding hydrogens is 314 g/mol. The summed E-state index contributed by atoms with van der Waals surface area (Å²) in [6.45, 7) is 0.805. The smallest absolute Gasteiger partial charge is 0.249 e. The highest BCUT2D eigenvalue weighted by Crippen LogP contribution is 2.18. The summed E-state index contributed by atoms with van der Waals surface area (Å²) in [5, 5.41) is 0. The first kappa shape index (κ1) is 21.2. The van der Waals surface area contributed by atoms with Gasteiger partial charge in [0.25, 0.3) is 0 Å². The highest BCUT2D eigenvalue weighted by Gasteiger charge is 2.16. The van der Waals surface area contributed by atoms with E-state index in [1.165, 1.54) is 44.9 Å². The van der Waals surface area contributed by atoms with E-state index < -0.39 is 11.8 Å². The van der Waals surface area contributed by atoms with E-state index in [4.69, 9.17) is 17.2 Å². The van der Waals surface area contributed by atoms with Gasteiger partial charge < -0.3 is 17.2 Å². The summed E-state index contributed by atoms with van der Waals surface area (Å²) in [7, 11) is 0. The van der Waals surface area contributed by atoms with Crippen molar-refractivity contribution in [2.24, 2.45) is 17.2 Å². The van der Waals surface area contributed by atoms with Crippen LogP contribution in [0.5, 0.6) is 0 Å². The van der Waals surface area contributed by atoms with Crippen molar-refractivity contribution in [2.45, 2.75) is 70.6 Å². The lowest BCUT2D eigenvalue weighted by molar-refractivity contribution is 0.0966. The molecule has 0 radical (unpaired) electrons. The van der Waals surface area contributed by atoms with Crippen LogP contribution < -0.4 is 17.2 Å². The van der Waals surface area contributed by atoms with Crippen LogP contribution in [0.15, 0.2) is 18.2 Å². The molecule has 6 N–H and O–H groups in total. The predicted octanol–water partition coefficient (Wildman–Crippen LogP) is 3.29. The van der Waals surface area contributed by atoms with E-state index in [0.717, 1.165) is 37.8 Å². The maximum Gasteiger partial charge on any atom is 0.249 e. The number of aryl methyl sites for hydroxylation is 1. The van der Waals surface area contributed by atoms with Crippen LogP contribution in [-0.4, -0.2) is 18.4 Å². The molecular formula is C20H33N3O2. The molecule has 140 valence electrons. The number of carbonyl (C=O) groups excluding carboxylic acids is 2. The van der Waals surface area contributed by atoms with Crippen LogP contribution in [-0.2, 0) is 6.42 Å². The Morgan fingerprint density at radius 3 is 1.72 bits per heavy atom. The second kappa shape index (κ2) is 12.5. The number of rotatable bonds is 14. The van der Waals surface area contributed by atoms with Crippen molar-refractivity contribution >= 4 is 11.8 Å². The predicted molar refractivity (Wildman–Crippen MR) is 102 cm³/mol. The average molecular weight is 348 g/mol. The molecule has 25 heavy (non-hydrogen) atoms. The Hall–Kier alpha value is -1.88. The van der Waals surface area contributed by atoms with Gasteiger partial charge in [-0.3, -0.25) is 9.59 Å². The van der Waals surface area contributed by atoms with Gasteiger partial charge in [0, 0.05) is 0 Å². The van der Waals surface area contributed by atoms with E-state index in [2.05, 4.69) is 0 Å². The zero-order chi connectivity index (χ0) is 18.5. The van der Waals surface area contributed by atoms with Gasteiger partial charge in [-0.05, 0) is 37.4 Å². The monoisotopic (exact) mass is 347 g/mol. The second-order valence-electron chi connectivity index (χ2n) is 6.64. The molecule has 1 aromatic rings. The largest absolute Gasteiger partial charge is 0.366 e. The standard InChI is InChI=1S/C20H33N3O2/c21-15-10-8-6-4-2-1-3-5-7-9-12-16-13-11-14-17(19(22)24)18(16)20(23)25/h11,13-14H,1-10,12,15,21H2,(H2,22,24)(H2,23,25). The first-order chi connectivity index (χ1) is 12.1. The molecule has 0 saturated heterocycles. The lowest BCUT2D eigenvalue weighted by Crippen LogP contribution is -2.22. The van der Waals surface area contributed by atoms with Crippen LogP contribution in [0, 0.1) is 0 Å². The third-order valence-corrected chi connectivity index (χ3v) is 4.56. The normalized spacial score (nSPS) is 10.8. The number of primary amides is 2. The van der Waals surface area contributed by atoms with Crippen molar-refractivity contribution in [3.8, 4) is 0 Å². The Morgan fingerprint density at radius 1 is 0.720 bits per heavy atom. The lowest BCUT2D eigenvalue weighted by Gasteiger charge is -2.10. The van der Waals surface area contributed by atoms with Crippen molar-refractivity contribution in [1.82, 2.24) is 0 Å².